The summed E-state index contributed by atoms with van der Waals surface area (Å²) >= 11 is 6.11. The topological polar surface area (TPSA) is 20.2 Å². The zero-order valence-electron chi connectivity index (χ0n) is 11.5. The van der Waals surface area contributed by atoms with Crippen molar-refractivity contribution in [1.29, 1.82) is 0 Å². The van der Waals surface area contributed by atoms with Gasteiger partial charge >= 0.3 is 0 Å². The van der Waals surface area contributed by atoms with Crippen LogP contribution in [0.25, 0.3) is 0 Å². The zero-order chi connectivity index (χ0) is 14.0. The molecule has 2 rings (SSSR count). The molecule has 0 saturated heterocycles. The second kappa shape index (κ2) is 5.77. The lowest BCUT2D eigenvalue weighted by atomic mass is 9.88. The van der Waals surface area contributed by atoms with E-state index in [1.54, 1.807) is 0 Å². The summed E-state index contributed by atoms with van der Waals surface area (Å²) in [5.41, 5.74) is 4.13. The Morgan fingerprint density at radius 2 is 1.63 bits per heavy atom. The van der Waals surface area contributed by atoms with Crippen molar-refractivity contribution in [3.05, 3.63) is 69.7 Å². The van der Waals surface area contributed by atoms with Crippen LogP contribution < -0.4 is 0 Å². The molecule has 1 N–H and O–H groups in total. The number of aryl methyl sites for hydroxylation is 2. The molecule has 19 heavy (non-hydrogen) atoms. The molecule has 0 bridgehead atoms. The first-order chi connectivity index (χ1) is 9.00. The smallest absolute Gasteiger partial charge is 0.0858 e. The highest BCUT2D eigenvalue weighted by Crippen LogP contribution is 2.34. The molecule has 2 aromatic rings. The molecule has 2 heteroatoms. The molecule has 0 saturated carbocycles. The standard InChI is InChI=1S/C17H19ClO/c1-11-10-16(18)12(2)9-15(11)17(19)13(3)14-7-5-4-6-8-14/h4-10,13,17,19H,1-3H3. The number of hydrogen-bond donors (Lipinski definition) is 1. The zero-order valence-corrected chi connectivity index (χ0v) is 12.3. The van der Waals surface area contributed by atoms with Crippen LogP contribution in [-0.4, -0.2) is 5.11 Å². The van der Waals surface area contributed by atoms with E-state index >= 15 is 0 Å². The van der Waals surface area contributed by atoms with Gasteiger partial charge in [0, 0.05) is 10.9 Å². The lowest BCUT2D eigenvalue weighted by Crippen LogP contribution is -2.09. The van der Waals surface area contributed by atoms with Crippen molar-refractivity contribution in [2.75, 3.05) is 0 Å². The Hall–Kier alpha value is -1.31. The van der Waals surface area contributed by atoms with Gasteiger partial charge in [0.15, 0.2) is 0 Å². The summed E-state index contributed by atoms with van der Waals surface area (Å²) in [6.07, 6.45) is -0.515. The molecule has 1 nitrogen and oxygen atoms in total. The van der Waals surface area contributed by atoms with Crippen molar-refractivity contribution in [3.63, 3.8) is 0 Å². The number of aliphatic hydroxyl groups is 1. The van der Waals surface area contributed by atoms with E-state index in [-0.39, 0.29) is 5.92 Å². The Balaban J connectivity index is 2.34. The van der Waals surface area contributed by atoms with Crippen LogP contribution in [0.5, 0.6) is 0 Å². The van der Waals surface area contributed by atoms with Crippen LogP contribution in [0.15, 0.2) is 42.5 Å². The Kier molecular flexibility index (Phi) is 4.28. The summed E-state index contributed by atoms with van der Waals surface area (Å²) in [7, 11) is 0. The van der Waals surface area contributed by atoms with Gasteiger partial charge in [0.1, 0.15) is 0 Å². The molecule has 0 radical (unpaired) electrons. The van der Waals surface area contributed by atoms with E-state index in [9.17, 15) is 5.11 Å². The third-order valence-electron chi connectivity index (χ3n) is 3.66. The van der Waals surface area contributed by atoms with Crippen molar-refractivity contribution < 1.29 is 5.11 Å². The molecule has 0 aliphatic heterocycles. The maximum absolute atomic E-state index is 10.6. The van der Waals surface area contributed by atoms with Crippen molar-refractivity contribution >= 4 is 11.6 Å². The van der Waals surface area contributed by atoms with Crippen LogP contribution in [0.4, 0.5) is 0 Å². The third-order valence-corrected chi connectivity index (χ3v) is 4.07. The summed E-state index contributed by atoms with van der Waals surface area (Å²) < 4.78 is 0. The fraction of sp³-hybridized carbons (Fsp3) is 0.294. The van der Waals surface area contributed by atoms with Crippen molar-refractivity contribution in [2.45, 2.75) is 32.8 Å². The Bertz CT molecular complexity index is 563. The molecular formula is C17H19ClO. The largest absolute Gasteiger partial charge is 0.388 e. The van der Waals surface area contributed by atoms with E-state index in [4.69, 9.17) is 11.6 Å². The highest BCUT2D eigenvalue weighted by Gasteiger charge is 2.20. The molecule has 0 amide bonds. The predicted molar refractivity (Wildman–Crippen MR) is 80.7 cm³/mol. The summed E-state index contributed by atoms with van der Waals surface area (Å²) in [4.78, 5) is 0. The summed E-state index contributed by atoms with van der Waals surface area (Å²) in [6.45, 7) is 6.00. The van der Waals surface area contributed by atoms with Gasteiger partial charge in [0.2, 0.25) is 0 Å². The van der Waals surface area contributed by atoms with E-state index < -0.39 is 6.10 Å². The van der Waals surface area contributed by atoms with Crippen molar-refractivity contribution in [3.8, 4) is 0 Å². The first-order valence-corrected chi connectivity index (χ1v) is 6.88. The first-order valence-electron chi connectivity index (χ1n) is 6.50. The minimum Gasteiger partial charge on any atom is -0.388 e. The Labute approximate surface area is 119 Å². The molecule has 0 heterocycles. The van der Waals surface area contributed by atoms with Gasteiger partial charge in [-0.1, -0.05) is 54.9 Å². The van der Waals surface area contributed by atoms with E-state index in [0.717, 1.165) is 27.3 Å². The number of rotatable bonds is 3. The van der Waals surface area contributed by atoms with Crippen molar-refractivity contribution in [2.24, 2.45) is 0 Å². The SMILES string of the molecule is Cc1cc(C(O)C(C)c2ccccc2)c(C)cc1Cl. The van der Waals surface area contributed by atoms with Crippen molar-refractivity contribution in [1.82, 2.24) is 0 Å². The second-order valence-electron chi connectivity index (χ2n) is 5.10. The van der Waals surface area contributed by atoms with Gasteiger partial charge in [0.25, 0.3) is 0 Å². The maximum atomic E-state index is 10.6. The molecule has 2 unspecified atom stereocenters. The fourth-order valence-corrected chi connectivity index (χ4v) is 2.55. The number of halogens is 1. The van der Waals surface area contributed by atoms with Gasteiger partial charge in [-0.25, -0.2) is 0 Å². The quantitative estimate of drug-likeness (QED) is 0.853. The monoisotopic (exact) mass is 274 g/mol. The summed E-state index contributed by atoms with van der Waals surface area (Å²) in [5.74, 6) is 0.0560. The molecule has 0 fully saturated rings. The lowest BCUT2D eigenvalue weighted by molar-refractivity contribution is 0.151. The number of aliphatic hydroxyl groups excluding tert-OH is 1. The van der Waals surface area contributed by atoms with E-state index in [0.29, 0.717) is 0 Å². The summed E-state index contributed by atoms with van der Waals surface area (Å²) in [6, 6.07) is 14.0. The van der Waals surface area contributed by atoms with Crippen LogP contribution in [0.3, 0.4) is 0 Å². The molecule has 100 valence electrons. The van der Waals surface area contributed by atoms with E-state index in [1.807, 2.05) is 63.2 Å². The minimum atomic E-state index is -0.515. The van der Waals surface area contributed by atoms with Crippen LogP contribution in [0.2, 0.25) is 5.02 Å². The van der Waals surface area contributed by atoms with Gasteiger partial charge < -0.3 is 5.11 Å². The van der Waals surface area contributed by atoms with Crippen LogP contribution in [0, 0.1) is 13.8 Å². The predicted octanol–water partition coefficient (Wildman–Crippen LogP) is 4.79. The normalized spacial score (nSPS) is 14.2. The van der Waals surface area contributed by atoms with E-state index in [2.05, 4.69) is 0 Å². The molecule has 0 aliphatic carbocycles. The van der Waals surface area contributed by atoms with Gasteiger partial charge in [-0.15, -0.1) is 0 Å². The summed E-state index contributed by atoms with van der Waals surface area (Å²) in [5, 5.41) is 11.3. The van der Waals surface area contributed by atoms with E-state index in [1.165, 1.54) is 0 Å². The minimum absolute atomic E-state index is 0.0560. The molecule has 0 aromatic heterocycles. The Morgan fingerprint density at radius 3 is 2.26 bits per heavy atom. The highest BCUT2D eigenvalue weighted by atomic mass is 35.5. The lowest BCUT2D eigenvalue weighted by Gasteiger charge is -2.22. The Morgan fingerprint density at radius 1 is 1.00 bits per heavy atom. The highest BCUT2D eigenvalue weighted by molar-refractivity contribution is 6.31. The van der Waals surface area contributed by atoms with Gasteiger partial charge in [-0.3, -0.25) is 0 Å². The number of hydrogen-bond acceptors (Lipinski definition) is 1. The first kappa shape index (κ1) is 14.1. The van der Waals surface area contributed by atoms with Crippen LogP contribution in [-0.2, 0) is 0 Å². The molecule has 2 atom stereocenters. The third kappa shape index (κ3) is 2.99. The van der Waals surface area contributed by atoms with Gasteiger partial charge in [-0.2, -0.15) is 0 Å². The van der Waals surface area contributed by atoms with Gasteiger partial charge in [-0.05, 0) is 42.2 Å². The van der Waals surface area contributed by atoms with Gasteiger partial charge in [0.05, 0.1) is 6.10 Å². The van der Waals surface area contributed by atoms with Crippen LogP contribution >= 0.6 is 11.6 Å². The average Bonchev–Trinajstić information content (AvgIpc) is 2.42. The van der Waals surface area contributed by atoms with Crippen LogP contribution in [0.1, 0.15) is 41.2 Å². The second-order valence-corrected chi connectivity index (χ2v) is 5.51. The molecule has 0 aliphatic rings. The molecule has 2 aromatic carbocycles. The molecule has 0 spiro atoms. The maximum Gasteiger partial charge on any atom is 0.0858 e. The average molecular weight is 275 g/mol. The number of benzene rings is 2. The fourth-order valence-electron chi connectivity index (χ4n) is 2.33. The molecular weight excluding hydrogens is 256 g/mol.